The molecule has 1 aliphatic carbocycles. The molecule has 0 radical (unpaired) electrons. The maximum absolute atomic E-state index is 14.6. The number of piperazine rings is 1. The van der Waals surface area contributed by atoms with Crippen molar-refractivity contribution in [3.8, 4) is 0 Å². The van der Waals surface area contributed by atoms with Gasteiger partial charge in [0.25, 0.3) is 5.91 Å². The highest BCUT2D eigenvalue weighted by molar-refractivity contribution is 6.30. The van der Waals surface area contributed by atoms with E-state index < -0.39 is 23.2 Å². The van der Waals surface area contributed by atoms with Crippen molar-refractivity contribution in [2.45, 2.75) is 89.1 Å². The molecule has 2 aliphatic heterocycles. The third kappa shape index (κ3) is 6.32. The molecule has 3 aliphatic rings. The second-order valence-corrected chi connectivity index (χ2v) is 13.8. The highest BCUT2D eigenvalue weighted by Gasteiger charge is 2.47. The normalized spacial score (nSPS) is 23.9. The van der Waals surface area contributed by atoms with Crippen molar-refractivity contribution in [3.05, 3.63) is 82.2 Å². The Labute approximate surface area is 276 Å². The second kappa shape index (κ2) is 13.1. The molecule has 0 spiro atoms. The molecular formula is C35H45ClN6O4. The van der Waals surface area contributed by atoms with Gasteiger partial charge in [-0.1, -0.05) is 37.6 Å². The smallest absolute Gasteiger partial charge is 0.255 e. The minimum Gasteiger partial charge on any atom is -0.386 e. The van der Waals surface area contributed by atoms with Crippen LogP contribution in [-0.2, 0) is 29.0 Å². The van der Waals surface area contributed by atoms with E-state index in [-0.39, 0.29) is 44.4 Å². The van der Waals surface area contributed by atoms with E-state index in [1.54, 1.807) is 30.0 Å². The molecule has 1 aromatic carbocycles. The van der Waals surface area contributed by atoms with Gasteiger partial charge in [0.05, 0.1) is 36.8 Å². The predicted molar refractivity (Wildman–Crippen MR) is 175 cm³/mol. The van der Waals surface area contributed by atoms with E-state index in [2.05, 4.69) is 22.0 Å². The number of halogens is 1. The molecule has 2 aromatic heterocycles. The maximum Gasteiger partial charge on any atom is 0.255 e. The number of benzene rings is 1. The Kier molecular flexibility index (Phi) is 9.26. The number of aliphatic hydroxyl groups is 2. The van der Waals surface area contributed by atoms with E-state index in [9.17, 15) is 19.8 Å². The van der Waals surface area contributed by atoms with Crippen LogP contribution in [0, 0.1) is 6.92 Å². The second-order valence-electron chi connectivity index (χ2n) is 13.3. The standard InChI is InChI=1S/C35H45ClN6O4/c1-4-35(46,5-2)33(44)42-17-16-40(31-28-12-11-27(36)18-26(28)10-9-25-8-6-14-37-30(25)31)20-29(42)32(43)41-15-7-13-34(45,22-41)21-39-19-24(3)38-23-39/h6,8,11-12,14,18-19,23,29,31,45-46H,4-5,7,9-10,13,15-17,20-22H2,1-3H3/t29-,31-,34?/m1/s1. The summed E-state index contributed by atoms with van der Waals surface area (Å²) >= 11 is 6.45. The molecule has 0 saturated carbocycles. The van der Waals surface area contributed by atoms with Crippen molar-refractivity contribution >= 4 is 23.4 Å². The number of pyridine rings is 1. The quantitative estimate of drug-likeness (QED) is 0.403. The SMILES string of the molecule is CCC(O)(CC)C(=O)N1CCN([C@@H]2c3ccc(Cl)cc3CCc3cccnc32)C[C@@H]1C(=O)N1CCCC(O)(Cn2cnc(C)c2)C1. The Morgan fingerprint density at radius 1 is 1.09 bits per heavy atom. The number of carbonyl (C=O) groups excluding carboxylic acids is 2. The molecule has 1 unspecified atom stereocenters. The molecule has 11 heteroatoms. The van der Waals surface area contributed by atoms with Gasteiger partial charge in [-0.25, -0.2) is 4.98 Å². The van der Waals surface area contributed by atoms with E-state index in [0.717, 1.165) is 40.9 Å². The zero-order valence-electron chi connectivity index (χ0n) is 27.0. The van der Waals surface area contributed by atoms with Crippen LogP contribution in [0.4, 0.5) is 0 Å². The average Bonchev–Trinajstić information content (AvgIpc) is 3.39. The molecule has 46 heavy (non-hydrogen) atoms. The number of aromatic nitrogens is 3. The molecule has 246 valence electrons. The molecule has 2 N–H and O–H groups in total. The number of hydrogen-bond donors (Lipinski definition) is 2. The van der Waals surface area contributed by atoms with Crippen molar-refractivity contribution in [1.82, 2.24) is 29.2 Å². The summed E-state index contributed by atoms with van der Waals surface area (Å²) < 4.78 is 1.87. The largest absolute Gasteiger partial charge is 0.386 e. The number of imidazole rings is 1. The van der Waals surface area contributed by atoms with Gasteiger partial charge in [-0.3, -0.25) is 19.5 Å². The number of nitrogens with zero attached hydrogens (tertiary/aromatic N) is 6. The van der Waals surface area contributed by atoms with Gasteiger partial charge in [-0.05, 0) is 80.3 Å². The zero-order valence-corrected chi connectivity index (χ0v) is 27.8. The van der Waals surface area contributed by atoms with E-state index in [0.29, 0.717) is 37.5 Å². The Hall–Kier alpha value is -3.31. The maximum atomic E-state index is 14.6. The van der Waals surface area contributed by atoms with Crippen LogP contribution in [0.5, 0.6) is 0 Å². The lowest BCUT2D eigenvalue weighted by Crippen LogP contribution is -2.66. The third-order valence-corrected chi connectivity index (χ3v) is 10.5. The summed E-state index contributed by atoms with van der Waals surface area (Å²) in [6.07, 6.45) is 8.77. The highest BCUT2D eigenvalue weighted by atomic mass is 35.5. The molecule has 2 saturated heterocycles. The van der Waals surface area contributed by atoms with E-state index in [1.807, 2.05) is 42.1 Å². The van der Waals surface area contributed by atoms with Crippen LogP contribution in [0.3, 0.4) is 0 Å². The van der Waals surface area contributed by atoms with Crippen LogP contribution >= 0.6 is 11.6 Å². The summed E-state index contributed by atoms with van der Waals surface area (Å²) in [5.41, 5.74) is 2.55. The highest BCUT2D eigenvalue weighted by Crippen LogP contribution is 2.38. The first kappa shape index (κ1) is 32.6. The summed E-state index contributed by atoms with van der Waals surface area (Å²) in [5, 5.41) is 23.7. The van der Waals surface area contributed by atoms with Gasteiger partial charge in [0.1, 0.15) is 17.2 Å². The van der Waals surface area contributed by atoms with Crippen LogP contribution in [0.2, 0.25) is 5.02 Å². The van der Waals surface area contributed by atoms with Crippen molar-refractivity contribution in [3.63, 3.8) is 0 Å². The molecule has 4 heterocycles. The molecule has 2 fully saturated rings. The monoisotopic (exact) mass is 648 g/mol. The first-order chi connectivity index (χ1) is 22.0. The van der Waals surface area contributed by atoms with Gasteiger partial charge in [0.15, 0.2) is 0 Å². The minimum atomic E-state index is -1.55. The fraction of sp³-hybridized carbons (Fsp3) is 0.543. The van der Waals surface area contributed by atoms with Crippen LogP contribution in [-0.4, -0.2) is 101 Å². The van der Waals surface area contributed by atoms with Crippen LogP contribution in [0.15, 0.2) is 49.1 Å². The molecule has 2 amide bonds. The zero-order chi connectivity index (χ0) is 32.6. The van der Waals surface area contributed by atoms with Crippen LogP contribution in [0.1, 0.15) is 73.7 Å². The summed E-state index contributed by atoms with van der Waals surface area (Å²) in [6.45, 7) is 7.53. The van der Waals surface area contributed by atoms with Gasteiger partial charge in [-0.2, -0.15) is 0 Å². The van der Waals surface area contributed by atoms with Gasteiger partial charge in [0.2, 0.25) is 5.91 Å². The average molecular weight is 649 g/mol. The van der Waals surface area contributed by atoms with Crippen molar-refractivity contribution in [2.75, 3.05) is 32.7 Å². The summed E-state index contributed by atoms with van der Waals surface area (Å²) in [5.74, 6) is -0.623. The Bertz CT molecular complexity index is 1590. The van der Waals surface area contributed by atoms with Gasteiger partial charge in [-0.15, -0.1) is 0 Å². The van der Waals surface area contributed by atoms with Crippen molar-refractivity contribution in [2.24, 2.45) is 0 Å². The Balaban J connectivity index is 1.34. The molecule has 3 aromatic rings. The molecule has 0 bridgehead atoms. The Morgan fingerprint density at radius 3 is 2.61 bits per heavy atom. The van der Waals surface area contributed by atoms with Crippen molar-refractivity contribution < 1.29 is 19.8 Å². The number of carbonyl (C=O) groups is 2. The number of aryl methyl sites for hydroxylation is 3. The number of hydrogen-bond acceptors (Lipinski definition) is 7. The lowest BCUT2D eigenvalue weighted by atomic mass is 9.90. The lowest BCUT2D eigenvalue weighted by Gasteiger charge is -2.48. The fourth-order valence-corrected chi connectivity index (χ4v) is 7.80. The van der Waals surface area contributed by atoms with Gasteiger partial charge >= 0.3 is 0 Å². The number of likely N-dealkylation sites (tertiary alicyclic amines) is 1. The fourth-order valence-electron chi connectivity index (χ4n) is 7.60. The van der Waals surface area contributed by atoms with E-state index in [4.69, 9.17) is 16.6 Å². The van der Waals surface area contributed by atoms with Crippen LogP contribution < -0.4 is 0 Å². The first-order valence-corrected chi connectivity index (χ1v) is 16.9. The summed E-state index contributed by atoms with van der Waals surface area (Å²) in [6, 6.07) is 9.01. The molecule has 3 atom stereocenters. The Morgan fingerprint density at radius 2 is 1.87 bits per heavy atom. The topological polar surface area (TPSA) is 115 Å². The van der Waals surface area contributed by atoms with Gasteiger partial charge in [0, 0.05) is 43.6 Å². The third-order valence-electron chi connectivity index (χ3n) is 10.2. The summed E-state index contributed by atoms with van der Waals surface area (Å²) in [7, 11) is 0. The first-order valence-electron chi connectivity index (χ1n) is 16.5. The molecular weight excluding hydrogens is 604 g/mol. The lowest BCUT2D eigenvalue weighted by molar-refractivity contribution is -0.165. The number of fused-ring (bicyclic) bond motifs is 2. The van der Waals surface area contributed by atoms with Crippen molar-refractivity contribution in [1.29, 1.82) is 0 Å². The van der Waals surface area contributed by atoms with Crippen LogP contribution in [0.25, 0.3) is 0 Å². The van der Waals surface area contributed by atoms with Gasteiger partial charge < -0.3 is 24.6 Å². The van der Waals surface area contributed by atoms with E-state index >= 15 is 0 Å². The number of β-amino-alcohol motifs (C(OH)–C–C–N with tert-alkyl or cyclic N) is 1. The number of piperidine rings is 1. The summed E-state index contributed by atoms with van der Waals surface area (Å²) in [4.78, 5) is 43.4. The molecule has 10 nitrogen and oxygen atoms in total. The molecule has 6 rings (SSSR count). The predicted octanol–water partition coefficient (Wildman–Crippen LogP) is 3.55. The number of amides is 2. The number of rotatable bonds is 7. The van der Waals surface area contributed by atoms with E-state index in [1.165, 1.54) is 0 Å². The minimum absolute atomic E-state index is 0.155.